The number of carbonyl (C=O) groups excluding carboxylic acids is 2. The number of ether oxygens (including phenoxy) is 2. The minimum atomic E-state index is -3.90. The van der Waals surface area contributed by atoms with Gasteiger partial charge in [-0.3, -0.25) is 10.1 Å². The van der Waals surface area contributed by atoms with E-state index < -0.39 is 27.1 Å². The van der Waals surface area contributed by atoms with Crippen molar-refractivity contribution in [1.29, 1.82) is 0 Å². The molecule has 1 amide bonds. The molecular formula is C22H21ClN4O6S. The van der Waals surface area contributed by atoms with Crippen LogP contribution >= 0.6 is 11.6 Å². The van der Waals surface area contributed by atoms with Crippen LogP contribution in [-0.2, 0) is 19.3 Å². The Morgan fingerprint density at radius 2 is 2.00 bits per heavy atom. The van der Waals surface area contributed by atoms with E-state index in [1.165, 1.54) is 31.4 Å². The van der Waals surface area contributed by atoms with Crippen molar-refractivity contribution < 1.29 is 27.5 Å². The fourth-order valence-electron chi connectivity index (χ4n) is 3.54. The highest BCUT2D eigenvalue weighted by atomic mass is 35.5. The fourth-order valence-corrected chi connectivity index (χ4v) is 5.12. The lowest BCUT2D eigenvalue weighted by molar-refractivity contribution is 0.0602. The number of nitrogens with zero attached hydrogens (tertiary/aromatic N) is 1. The average molecular weight is 505 g/mol. The monoisotopic (exact) mass is 504 g/mol. The smallest absolute Gasteiger partial charge is 0.339 e. The number of rotatable bonds is 6. The summed E-state index contributed by atoms with van der Waals surface area (Å²) in [7, 11) is -2.70. The molecule has 4 N–H and O–H groups in total. The number of nitrogens with one attached hydrogen (secondary N) is 2. The summed E-state index contributed by atoms with van der Waals surface area (Å²) >= 11 is 6.18. The van der Waals surface area contributed by atoms with Crippen molar-refractivity contribution in [3.05, 3.63) is 58.6 Å². The van der Waals surface area contributed by atoms with Crippen molar-refractivity contribution in [2.45, 2.75) is 10.4 Å². The normalized spacial score (nSPS) is 16.2. The van der Waals surface area contributed by atoms with E-state index in [4.69, 9.17) is 26.8 Å². The average Bonchev–Trinajstić information content (AvgIpc) is 2.84. The van der Waals surface area contributed by atoms with Crippen molar-refractivity contribution >= 4 is 55.6 Å². The first kappa shape index (κ1) is 23.9. The second-order valence-electron chi connectivity index (χ2n) is 7.47. The Kier molecular flexibility index (Phi) is 6.71. The van der Waals surface area contributed by atoms with Crippen LogP contribution in [0.15, 0.2) is 47.5 Å². The molecular weight excluding hydrogens is 484 g/mol. The first-order valence-electron chi connectivity index (χ1n) is 10.1. The molecule has 2 aromatic carbocycles. The molecule has 0 spiro atoms. The number of hydrogen-bond acceptors (Lipinski definition) is 9. The maximum atomic E-state index is 13.3. The molecule has 4 rings (SSSR count). The van der Waals surface area contributed by atoms with Crippen molar-refractivity contribution in [1.82, 2.24) is 10.3 Å². The van der Waals surface area contributed by atoms with E-state index in [-0.39, 0.29) is 28.4 Å². The Hall–Kier alpha value is -3.25. The van der Waals surface area contributed by atoms with Crippen LogP contribution in [0.4, 0.5) is 11.4 Å². The second kappa shape index (κ2) is 9.55. The van der Waals surface area contributed by atoms with Crippen molar-refractivity contribution in [3.63, 3.8) is 0 Å². The highest BCUT2D eigenvalue weighted by molar-refractivity contribution is 7.92. The maximum Gasteiger partial charge on any atom is 0.339 e. The Morgan fingerprint density at radius 3 is 2.68 bits per heavy atom. The van der Waals surface area contributed by atoms with Gasteiger partial charge in [-0.25, -0.2) is 18.2 Å². The highest BCUT2D eigenvalue weighted by Gasteiger charge is 2.31. The number of pyridine rings is 1. The predicted molar refractivity (Wildman–Crippen MR) is 126 cm³/mol. The zero-order chi connectivity index (χ0) is 24.5. The number of benzene rings is 2. The first-order chi connectivity index (χ1) is 16.2. The third-order valence-electron chi connectivity index (χ3n) is 5.28. The van der Waals surface area contributed by atoms with E-state index in [0.717, 1.165) is 0 Å². The summed E-state index contributed by atoms with van der Waals surface area (Å²) in [5.74, 6) is -1.42. The Labute approximate surface area is 200 Å². The van der Waals surface area contributed by atoms with Gasteiger partial charge in [0.25, 0.3) is 0 Å². The first-order valence-corrected chi connectivity index (χ1v) is 12.1. The third-order valence-corrected chi connectivity index (χ3v) is 7.36. The fraction of sp³-hybridized carbons (Fsp3) is 0.227. The highest BCUT2D eigenvalue weighted by Crippen LogP contribution is 2.32. The van der Waals surface area contributed by atoms with Crippen LogP contribution in [-0.4, -0.2) is 57.5 Å². The third kappa shape index (κ3) is 4.68. The van der Waals surface area contributed by atoms with Gasteiger partial charge in [-0.15, -0.1) is 0 Å². The van der Waals surface area contributed by atoms with E-state index in [2.05, 4.69) is 15.6 Å². The Balaban J connectivity index is 1.86. The number of primary amides is 1. The number of aromatic nitrogens is 1. The molecule has 34 heavy (non-hydrogen) atoms. The number of amides is 1. The number of anilines is 2. The van der Waals surface area contributed by atoms with Crippen LogP contribution in [0.3, 0.4) is 0 Å². The number of sulfone groups is 1. The minimum Gasteiger partial charge on any atom is -0.465 e. The van der Waals surface area contributed by atoms with Gasteiger partial charge < -0.3 is 20.5 Å². The van der Waals surface area contributed by atoms with E-state index in [1.807, 2.05) is 0 Å². The van der Waals surface area contributed by atoms with Gasteiger partial charge in [-0.2, -0.15) is 0 Å². The number of morpholine rings is 1. The quantitative estimate of drug-likeness (QED) is 0.429. The van der Waals surface area contributed by atoms with Crippen LogP contribution < -0.4 is 16.4 Å². The largest absolute Gasteiger partial charge is 0.465 e. The number of nitrogens with two attached hydrogens (primary N) is 1. The number of carbonyl (C=O) groups is 2. The van der Waals surface area contributed by atoms with Crippen molar-refractivity contribution in [2.24, 2.45) is 5.73 Å². The summed E-state index contributed by atoms with van der Waals surface area (Å²) in [4.78, 5) is 28.3. The summed E-state index contributed by atoms with van der Waals surface area (Å²) < 4.78 is 36.7. The molecule has 1 aliphatic rings. The second-order valence-corrected chi connectivity index (χ2v) is 9.99. The molecule has 0 saturated carbocycles. The molecule has 1 unspecified atom stereocenters. The lowest BCUT2D eigenvalue weighted by atomic mass is 10.1. The molecule has 0 aliphatic carbocycles. The predicted octanol–water partition coefficient (Wildman–Crippen LogP) is 2.24. The van der Waals surface area contributed by atoms with Gasteiger partial charge >= 0.3 is 5.97 Å². The van der Waals surface area contributed by atoms with Gasteiger partial charge in [0, 0.05) is 22.5 Å². The van der Waals surface area contributed by atoms with Crippen LogP contribution in [0.5, 0.6) is 0 Å². The molecule has 10 nitrogen and oxygen atoms in total. The lowest BCUT2D eigenvalue weighted by Crippen LogP contribution is -2.46. The molecule has 0 bridgehead atoms. The topological polar surface area (TPSA) is 150 Å². The van der Waals surface area contributed by atoms with E-state index in [0.29, 0.717) is 34.8 Å². The van der Waals surface area contributed by atoms with Crippen LogP contribution in [0, 0.1) is 0 Å². The molecule has 3 aromatic rings. The minimum absolute atomic E-state index is 0.00744. The van der Waals surface area contributed by atoms with Crippen LogP contribution in [0.1, 0.15) is 20.7 Å². The van der Waals surface area contributed by atoms with Gasteiger partial charge in [0.1, 0.15) is 5.37 Å². The van der Waals surface area contributed by atoms with Crippen molar-refractivity contribution in [3.8, 4) is 0 Å². The SMILES string of the molecule is COC(=O)c1cc(C(N)=O)ccc1Nc1cc(S(=O)(=O)C2COCCN2)nc2ccc(Cl)cc12. The maximum absolute atomic E-state index is 13.3. The van der Waals surface area contributed by atoms with E-state index in [9.17, 15) is 18.0 Å². The molecule has 1 fully saturated rings. The molecule has 178 valence electrons. The van der Waals surface area contributed by atoms with Crippen LogP contribution in [0.2, 0.25) is 5.02 Å². The molecule has 1 atom stereocenters. The molecule has 1 aliphatic heterocycles. The Morgan fingerprint density at radius 1 is 1.21 bits per heavy atom. The van der Waals surface area contributed by atoms with Gasteiger partial charge in [0.15, 0.2) is 5.03 Å². The molecule has 2 heterocycles. The summed E-state index contributed by atoms with van der Waals surface area (Å²) in [6.07, 6.45) is 0. The number of hydrogen-bond donors (Lipinski definition) is 3. The summed E-state index contributed by atoms with van der Waals surface area (Å²) in [6, 6.07) is 10.4. The van der Waals surface area contributed by atoms with E-state index in [1.54, 1.807) is 18.2 Å². The summed E-state index contributed by atoms with van der Waals surface area (Å²) in [5.41, 5.74) is 6.47. The van der Waals surface area contributed by atoms with Crippen molar-refractivity contribution in [2.75, 3.05) is 32.2 Å². The zero-order valence-corrected chi connectivity index (χ0v) is 19.6. The van der Waals surface area contributed by atoms with Gasteiger partial charge in [-0.1, -0.05) is 11.6 Å². The van der Waals surface area contributed by atoms with Gasteiger partial charge in [0.05, 0.1) is 42.8 Å². The summed E-state index contributed by atoms with van der Waals surface area (Å²) in [6.45, 7) is 0.805. The molecule has 1 aromatic heterocycles. The number of methoxy groups -OCH3 is 1. The molecule has 1 saturated heterocycles. The number of fused-ring (bicyclic) bond motifs is 1. The van der Waals surface area contributed by atoms with Crippen LogP contribution in [0.25, 0.3) is 10.9 Å². The molecule has 0 radical (unpaired) electrons. The molecule has 12 heteroatoms. The van der Waals surface area contributed by atoms with Gasteiger partial charge in [-0.05, 0) is 42.5 Å². The lowest BCUT2D eigenvalue weighted by Gasteiger charge is -2.24. The van der Waals surface area contributed by atoms with E-state index >= 15 is 0 Å². The zero-order valence-electron chi connectivity index (χ0n) is 18.0. The Bertz CT molecular complexity index is 1390. The standard InChI is InChI=1S/C22H21ClN4O6S/c1-32-22(29)15-8-12(21(24)28)2-4-17(15)26-18-10-19(27-16-5-3-13(23)9-14(16)18)34(30,31)20-11-33-7-6-25-20/h2-5,8-10,20,25H,6-7,11H2,1H3,(H2,24,28)(H,26,27). The van der Waals surface area contributed by atoms with Gasteiger partial charge in [0.2, 0.25) is 15.7 Å². The summed E-state index contributed by atoms with van der Waals surface area (Å²) in [5, 5.41) is 5.81. The number of esters is 1. The number of halogens is 1.